The Kier molecular flexibility index (Phi) is 6.56. The van der Waals surface area contributed by atoms with Crippen LogP contribution in [0.15, 0.2) is 24.3 Å². The summed E-state index contributed by atoms with van der Waals surface area (Å²) in [6.07, 6.45) is 8.02. The molecule has 2 atom stereocenters. The van der Waals surface area contributed by atoms with Gasteiger partial charge in [0.25, 0.3) is 0 Å². The van der Waals surface area contributed by atoms with E-state index in [-0.39, 0.29) is 0 Å². The highest BCUT2D eigenvalue weighted by Gasteiger charge is 2.23. The molecule has 118 valence electrons. The molecule has 2 heteroatoms. The van der Waals surface area contributed by atoms with E-state index in [1.165, 1.54) is 37.7 Å². The van der Waals surface area contributed by atoms with Crippen molar-refractivity contribution in [1.29, 1.82) is 0 Å². The van der Waals surface area contributed by atoms with Crippen molar-refractivity contribution in [3.05, 3.63) is 29.8 Å². The minimum Gasteiger partial charge on any atom is -0.492 e. The summed E-state index contributed by atoms with van der Waals surface area (Å²) in [5.41, 5.74) is 1.35. The lowest BCUT2D eigenvalue weighted by molar-refractivity contribution is 0.191. The van der Waals surface area contributed by atoms with Gasteiger partial charge in [-0.25, -0.2) is 0 Å². The van der Waals surface area contributed by atoms with Crippen LogP contribution in [0.1, 0.15) is 63.9 Å². The second-order valence-corrected chi connectivity index (χ2v) is 6.45. The molecule has 0 bridgehead atoms. The monoisotopic (exact) mass is 289 g/mol. The summed E-state index contributed by atoms with van der Waals surface area (Å²) in [6.45, 7) is 5.30. The van der Waals surface area contributed by atoms with E-state index in [1.807, 2.05) is 0 Å². The Hall–Kier alpha value is -1.02. The average Bonchev–Trinajstić information content (AvgIpc) is 2.56. The first-order chi connectivity index (χ1) is 10.3. The minimum atomic E-state index is 0.482. The van der Waals surface area contributed by atoms with Gasteiger partial charge >= 0.3 is 0 Å². The van der Waals surface area contributed by atoms with E-state index in [9.17, 15) is 0 Å². The predicted octanol–water partition coefficient (Wildman–Crippen LogP) is 4.75. The molecule has 0 spiro atoms. The first kappa shape index (κ1) is 16.4. The van der Waals surface area contributed by atoms with Crippen molar-refractivity contribution in [2.75, 3.05) is 13.7 Å². The van der Waals surface area contributed by atoms with E-state index >= 15 is 0 Å². The molecule has 0 aromatic heterocycles. The van der Waals surface area contributed by atoms with E-state index in [0.29, 0.717) is 12.0 Å². The van der Waals surface area contributed by atoms with E-state index in [1.54, 1.807) is 0 Å². The van der Waals surface area contributed by atoms with Crippen LogP contribution in [0.25, 0.3) is 0 Å². The second kappa shape index (κ2) is 8.43. The SMILES string of the molecule is CCC(C)c1ccccc1OCC(NC)C1CCCCC1. The van der Waals surface area contributed by atoms with Gasteiger partial charge in [-0.2, -0.15) is 0 Å². The van der Waals surface area contributed by atoms with Crippen molar-refractivity contribution in [1.82, 2.24) is 5.32 Å². The Morgan fingerprint density at radius 1 is 1.19 bits per heavy atom. The number of likely N-dealkylation sites (N-methyl/N-ethyl adjacent to an activating group) is 1. The molecule has 2 unspecified atom stereocenters. The molecule has 0 aliphatic heterocycles. The molecule has 1 aliphatic rings. The fourth-order valence-electron chi connectivity index (χ4n) is 3.41. The first-order valence-corrected chi connectivity index (χ1v) is 8.65. The third-order valence-electron chi connectivity index (χ3n) is 5.07. The molecule has 0 radical (unpaired) electrons. The van der Waals surface area contributed by atoms with Crippen LogP contribution in [0.5, 0.6) is 5.75 Å². The molecule has 1 fully saturated rings. The third kappa shape index (κ3) is 4.47. The molecule has 1 aromatic carbocycles. The topological polar surface area (TPSA) is 21.3 Å². The molecule has 2 rings (SSSR count). The molecule has 1 aromatic rings. The van der Waals surface area contributed by atoms with Crippen molar-refractivity contribution in [3.63, 3.8) is 0 Å². The summed E-state index contributed by atoms with van der Waals surface area (Å²) in [4.78, 5) is 0. The highest BCUT2D eigenvalue weighted by Crippen LogP contribution is 2.30. The lowest BCUT2D eigenvalue weighted by Crippen LogP contribution is -2.39. The van der Waals surface area contributed by atoms with Gasteiger partial charge in [-0.3, -0.25) is 0 Å². The van der Waals surface area contributed by atoms with E-state index in [2.05, 4.69) is 50.5 Å². The number of ether oxygens (including phenoxy) is 1. The van der Waals surface area contributed by atoms with E-state index in [4.69, 9.17) is 4.74 Å². The van der Waals surface area contributed by atoms with Gasteiger partial charge in [-0.05, 0) is 49.8 Å². The number of hydrogen-bond acceptors (Lipinski definition) is 2. The van der Waals surface area contributed by atoms with Gasteiger partial charge in [0, 0.05) is 6.04 Å². The molecule has 2 nitrogen and oxygen atoms in total. The molecular formula is C19H31NO. The molecule has 21 heavy (non-hydrogen) atoms. The van der Waals surface area contributed by atoms with Gasteiger partial charge in [0.05, 0.1) is 0 Å². The van der Waals surface area contributed by atoms with Crippen LogP contribution in [-0.2, 0) is 0 Å². The minimum absolute atomic E-state index is 0.482. The zero-order valence-corrected chi connectivity index (χ0v) is 13.9. The standard InChI is InChI=1S/C19H31NO/c1-4-15(2)17-12-8-9-13-19(17)21-14-18(20-3)16-10-6-5-7-11-16/h8-9,12-13,15-16,18,20H,4-7,10-11,14H2,1-3H3. The van der Waals surface area contributed by atoms with Crippen LogP contribution < -0.4 is 10.1 Å². The fourth-order valence-corrected chi connectivity index (χ4v) is 3.41. The Labute approximate surface area is 130 Å². The summed E-state index contributed by atoms with van der Waals surface area (Å²) in [7, 11) is 2.07. The summed E-state index contributed by atoms with van der Waals surface area (Å²) >= 11 is 0. The Morgan fingerprint density at radius 2 is 1.90 bits per heavy atom. The number of hydrogen-bond donors (Lipinski definition) is 1. The number of para-hydroxylation sites is 1. The van der Waals surface area contributed by atoms with Gasteiger partial charge in [0.1, 0.15) is 12.4 Å². The van der Waals surface area contributed by atoms with Crippen LogP contribution in [0.2, 0.25) is 0 Å². The maximum atomic E-state index is 6.20. The number of benzene rings is 1. The molecule has 0 saturated heterocycles. The van der Waals surface area contributed by atoms with Crippen LogP contribution >= 0.6 is 0 Å². The predicted molar refractivity (Wildman–Crippen MR) is 90.1 cm³/mol. The van der Waals surface area contributed by atoms with Crippen LogP contribution in [0.4, 0.5) is 0 Å². The largest absolute Gasteiger partial charge is 0.492 e. The zero-order chi connectivity index (χ0) is 15.1. The van der Waals surface area contributed by atoms with Gasteiger partial charge in [-0.1, -0.05) is 51.3 Å². The Balaban J connectivity index is 1.97. The van der Waals surface area contributed by atoms with Gasteiger partial charge < -0.3 is 10.1 Å². The highest BCUT2D eigenvalue weighted by molar-refractivity contribution is 5.35. The van der Waals surface area contributed by atoms with Gasteiger partial charge in [0.2, 0.25) is 0 Å². The molecule has 1 saturated carbocycles. The van der Waals surface area contributed by atoms with Crippen molar-refractivity contribution in [2.24, 2.45) is 5.92 Å². The summed E-state index contributed by atoms with van der Waals surface area (Å²) in [5.74, 6) is 2.41. The quantitative estimate of drug-likeness (QED) is 0.782. The van der Waals surface area contributed by atoms with Crippen LogP contribution in [0, 0.1) is 5.92 Å². The fraction of sp³-hybridized carbons (Fsp3) is 0.684. The number of rotatable bonds is 7. The molecule has 0 amide bonds. The second-order valence-electron chi connectivity index (χ2n) is 6.45. The van der Waals surface area contributed by atoms with Crippen molar-refractivity contribution < 1.29 is 4.74 Å². The smallest absolute Gasteiger partial charge is 0.122 e. The Bertz CT molecular complexity index is 412. The lowest BCUT2D eigenvalue weighted by atomic mass is 9.84. The molecule has 1 aliphatic carbocycles. The van der Waals surface area contributed by atoms with Crippen molar-refractivity contribution in [2.45, 2.75) is 64.3 Å². The molecular weight excluding hydrogens is 258 g/mol. The van der Waals surface area contributed by atoms with Gasteiger partial charge in [0.15, 0.2) is 0 Å². The summed E-state index contributed by atoms with van der Waals surface area (Å²) in [5, 5.41) is 3.48. The number of nitrogens with one attached hydrogen (secondary N) is 1. The third-order valence-corrected chi connectivity index (χ3v) is 5.07. The maximum Gasteiger partial charge on any atom is 0.122 e. The van der Waals surface area contributed by atoms with Crippen molar-refractivity contribution >= 4 is 0 Å². The molecule has 0 heterocycles. The molecule has 1 N–H and O–H groups in total. The van der Waals surface area contributed by atoms with E-state index < -0.39 is 0 Å². The normalized spacial score (nSPS) is 19.2. The summed E-state index contributed by atoms with van der Waals surface area (Å²) < 4.78 is 6.20. The zero-order valence-electron chi connectivity index (χ0n) is 13.9. The average molecular weight is 289 g/mol. The van der Waals surface area contributed by atoms with Crippen molar-refractivity contribution in [3.8, 4) is 5.75 Å². The highest BCUT2D eigenvalue weighted by atomic mass is 16.5. The first-order valence-electron chi connectivity index (χ1n) is 8.65. The van der Waals surface area contributed by atoms with E-state index in [0.717, 1.165) is 24.7 Å². The maximum absolute atomic E-state index is 6.20. The van der Waals surface area contributed by atoms with Crippen LogP contribution in [0.3, 0.4) is 0 Å². The van der Waals surface area contributed by atoms with Gasteiger partial charge in [-0.15, -0.1) is 0 Å². The summed E-state index contributed by atoms with van der Waals surface area (Å²) in [6, 6.07) is 9.00. The van der Waals surface area contributed by atoms with Crippen LogP contribution in [-0.4, -0.2) is 19.7 Å². The lowest BCUT2D eigenvalue weighted by Gasteiger charge is -2.30. The Morgan fingerprint density at radius 3 is 2.57 bits per heavy atom.